The lowest BCUT2D eigenvalue weighted by atomic mass is 10.0. The molecular formula is C15H18ClNOS. The molecule has 19 heavy (non-hydrogen) atoms. The van der Waals surface area contributed by atoms with Crippen molar-refractivity contribution >= 4 is 22.9 Å². The number of ether oxygens (including phenoxy) is 1. The standard InChI is InChI=1S/C15H18ClNOS/c1-4-17-15(13-7-8-14(16)19-13)11-5-6-12(18-3)10(2)9-11/h5-9,15,17H,4H2,1-3H3. The van der Waals surface area contributed by atoms with Crippen LogP contribution in [-0.2, 0) is 0 Å². The molecule has 2 nitrogen and oxygen atoms in total. The number of thiophene rings is 1. The number of hydrogen-bond donors (Lipinski definition) is 1. The second-order valence-corrected chi connectivity index (χ2v) is 6.11. The highest BCUT2D eigenvalue weighted by atomic mass is 35.5. The van der Waals surface area contributed by atoms with E-state index in [-0.39, 0.29) is 6.04 Å². The summed E-state index contributed by atoms with van der Waals surface area (Å²) in [6, 6.07) is 10.5. The molecule has 0 bridgehead atoms. The molecule has 0 aliphatic carbocycles. The molecule has 4 heteroatoms. The summed E-state index contributed by atoms with van der Waals surface area (Å²) < 4.78 is 6.13. The maximum Gasteiger partial charge on any atom is 0.121 e. The van der Waals surface area contributed by atoms with E-state index in [2.05, 4.69) is 37.4 Å². The molecule has 1 unspecified atom stereocenters. The lowest BCUT2D eigenvalue weighted by Crippen LogP contribution is -2.21. The molecule has 0 radical (unpaired) electrons. The number of hydrogen-bond acceptors (Lipinski definition) is 3. The predicted octanol–water partition coefficient (Wildman–Crippen LogP) is 4.42. The second-order valence-electron chi connectivity index (χ2n) is 4.36. The number of nitrogens with one attached hydrogen (secondary N) is 1. The van der Waals surface area contributed by atoms with Crippen LogP contribution in [0.15, 0.2) is 30.3 Å². The van der Waals surface area contributed by atoms with Crippen molar-refractivity contribution in [3.05, 3.63) is 50.7 Å². The van der Waals surface area contributed by atoms with Gasteiger partial charge in [-0.15, -0.1) is 11.3 Å². The van der Waals surface area contributed by atoms with Crippen LogP contribution >= 0.6 is 22.9 Å². The molecule has 0 aliphatic heterocycles. The summed E-state index contributed by atoms with van der Waals surface area (Å²) in [5.74, 6) is 0.920. The molecule has 0 amide bonds. The molecule has 102 valence electrons. The molecule has 0 spiro atoms. The molecule has 1 N–H and O–H groups in total. The fraction of sp³-hybridized carbons (Fsp3) is 0.333. The van der Waals surface area contributed by atoms with Crippen LogP contribution in [0.3, 0.4) is 0 Å². The summed E-state index contributed by atoms with van der Waals surface area (Å²) in [5.41, 5.74) is 2.38. The van der Waals surface area contributed by atoms with Gasteiger partial charge in [-0.1, -0.05) is 30.7 Å². The van der Waals surface area contributed by atoms with Gasteiger partial charge in [-0.2, -0.15) is 0 Å². The van der Waals surface area contributed by atoms with Gasteiger partial charge < -0.3 is 10.1 Å². The van der Waals surface area contributed by atoms with Crippen LogP contribution in [0, 0.1) is 6.92 Å². The fourth-order valence-electron chi connectivity index (χ4n) is 2.15. The van der Waals surface area contributed by atoms with E-state index in [9.17, 15) is 0 Å². The highest BCUT2D eigenvalue weighted by Crippen LogP contribution is 2.32. The Bertz CT molecular complexity index is 553. The quantitative estimate of drug-likeness (QED) is 0.882. The summed E-state index contributed by atoms with van der Waals surface area (Å²) >= 11 is 7.66. The number of benzene rings is 1. The van der Waals surface area contributed by atoms with Crippen molar-refractivity contribution < 1.29 is 4.74 Å². The zero-order valence-electron chi connectivity index (χ0n) is 11.4. The Balaban J connectivity index is 2.36. The Morgan fingerprint density at radius 2 is 2.11 bits per heavy atom. The number of methoxy groups -OCH3 is 1. The van der Waals surface area contributed by atoms with Gasteiger partial charge in [0, 0.05) is 4.88 Å². The van der Waals surface area contributed by atoms with E-state index >= 15 is 0 Å². The van der Waals surface area contributed by atoms with Gasteiger partial charge in [0.15, 0.2) is 0 Å². The van der Waals surface area contributed by atoms with Crippen LogP contribution in [0.25, 0.3) is 0 Å². The third-order valence-electron chi connectivity index (χ3n) is 3.04. The zero-order chi connectivity index (χ0) is 13.8. The zero-order valence-corrected chi connectivity index (χ0v) is 12.9. The normalized spacial score (nSPS) is 12.4. The number of halogens is 1. The highest BCUT2D eigenvalue weighted by molar-refractivity contribution is 7.16. The van der Waals surface area contributed by atoms with Gasteiger partial charge in [-0.25, -0.2) is 0 Å². The van der Waals surface area contributed by atoms with Crippen LogP contribution in [0.5, 0.6) is 5.75 Å². The van der Waals surface area contributed by atoms with Gasteiger partial charge in [0.05, 0.1) is 17.5 Å². The van der Waals surface area contributed by atoms with E-state index < -0.39 is 0 Å². The van der Waals surface area contributed by atoms with Gasteiger partial charge in [0.2, 0.25) is 0 Å². The Morgan fingerprint density at radius 3 is 2.63 bits per heavy atom. The first kappa shape index (κ1) is 14.4. The smallest absolute Gasteiger partial charge is 0.121 e. The topological polar surface area (TPSA) is 21.3 Å². The average Bonchev–Trinajstić information content (AvgIpc) is 2.82. The summed E-state index contributed by atoms with van der Waals surface area (Å²) in [7, 11) is 1.70. The summed E-state index contributed by atoms with van der Waals surface area (Å²) in [4.78, 5) is 1.23. The monoisotopic (exact) mass is 295 g/mol. The number of rotatable bonds is 5. The van der Waals surface area contributed by atoms with Crippen molar-refractivity contribution in [3.63, 3.8) is 0 Å². The lowest BCUT2D eigenvalue weighted by Gasteiger charge is -2.18. The van der Waals surface area contributed by atoms with E-state index in [4.69, 9.17) is 16.3 Å². The minimum atomic E-state index is 0.187. The van der Waals surface area contributed by atoms with Crippen LogP contribution in [-0.4, -0.2) is 13.7 Å². The molecule has 1 aromatic heterocycles. The Labute approximate surface area is 123 Å². The first-order valence-electron chi connectivity index (χ1n) is 6.29. The highest BCUT2D eigenvalue weighted by Gasteiger charge is 2.16. The second kappa shape index (κ2) is 6.42. The Hall–Kier alpha value is -1.03. The van der Waals surface area contributed by atoms with Crippen LogP contribution < -0.4 is 10.1 Å². The van der Waals surface area contributed by atoms with Crippen molar-refractivity contribution in [1.82, 2.24) is 5.32 Å². The van der Waals surface area contributed by atoms with E-state index in [0.29, 0.717) is 0 Å². The molecular weight excluding hydrogens is 278 g/mol. The van der Waals surface area contributed by atoms with Gasteiger partial charge in [-0.05, 0) is 42.8 Å². The first-order chi connectivity index (χ1) is 9.15. The van der Waals surface area contributed by atoms with E-state index in [1.165, 1.54) is 10.4 Å². The molecule has 0 aliphatic rings. The van der Waals surface area contributed by atoms with Crippen LogP contribution in [0.4, 0.5) is 0 Å². The van der Waals surface area contributed by atoms with Crippen molar-refractivity contribution in [3.8, 4) is 5.75 Å². The summed E-state index contributed by atoms with van der Waals surface area (Å²) in [6.45, 7) is 5.08. The molecule has 0 saturated carbocycles. The maximum absolute atomic E-state index is 6.04. The van der Waals surface area contributed by atoms with E-state index in [1.807, 2.05) is 12.1 Å². The van der Waals surface area contributed by atoms with Crippen LogP contribution in [0.2, 0.25) is 4.34 Å². The van der Waals surface area contributed by atoms with Crippen molar-refractivity contribution in [2.24, 2.45) is 0 Å². The van der Waals surface area contributed by atoms with Gasteiger partial charge in [-0.3, -0.25) is 0 Å². The first-order valence-corrected chi connectivity index (χ1v) is 7.48. The molecule has 0 fully saturated rings. The largest absolute Gasteiger partial charge is 0.496 e. The van der Waals surface area contributed by atoms with Gasteiger partial charge in [0.25, 0.3) is 0 Å². The van der Waals surface area contributed by atoms with Crippen molar-refractivity contribution in [2.75, 3.05) is 13.7 Å². The molecule has 1 aromatic carbocycles. The third kappa shape index (κ3) is 3.30. The SMILES string of the molecule is CCNC(c1ccc(OC)c(C)c1)c1ccc(Cl)s1. The average molecular weight is 296 g/mol. The van der Waals surface area contributed by atoms with Gasteiger partial charge in [0.1, 0.15) is 5.75 Å². The number of aryl methyl sites for hydroxylation is 1. The van der Waals surface area contributed by atoms with E-state index in [0.717, 1.165) is 22.2 Å². The summed E-state index contributed by atoms with van der Waals surface area (Å²) in [6.07, 6.45) is 0. The molecule has 1 heterocycles. The van der Waals surface area contributed by atoms with Crippen molar-refractivity contribution in [1.29, 1.82) is 0 Å². The predicted molar refractivity (Wildman–Crippen MR) is 82.6 cm³/mol. The Kier molecular flexibility index (Phi) is 4.86. The molecule has 2 rings (SSSR count). The third-order valence-corrected chi connectivity index (χ3v) is 4.34. The molecule has 0 saturated heterocycles. The molecule has 1 atom stereocenters. The maximum atomic E-state index is 6.04. The van der Waals surface area contributed by atoms with Crippen LogP contribution in [0.1, 0.15) is 29.0 Å². The fourth-order valence-corrected chi connectivity index (χ4v) is 3.32. The summed E-state index contributed by atoms with van der Waals surface area (Å²) in [5, 5.41) is 3.50. The molecule has 2 aromatic rings. The lowest BCUT2D eigenvalue weighted by molar-refractivity contribution is 0.411. The van der Waals surface area contributed by atoms with Gasteiger partial charge >= 0.3 is 0 Å². The van der Waals surface area contributed by atoms with E-state index in [1.54, 1.807) is 18.4 Å². The van der Waals surface area contributed by atoms with Crippen molar-refractivity contribution in [2.45, 2.75) is 19.9 Å². The minimum absolute atomic E-state index is 0.187. The Morgan fingerprint density at radius 1 is 1.32 bits per heavy atom. The minimum Gasteiger partial charge on any atom is -0.496 e.